The van der Waals surface area contributed by atoms with Gasteiger partial charge >= 0.3 is 11.8 Å². The van der Waals surface area contributed by atoms with Crippen LogP contribution < -0.4 is 10.6 Å². The lowest BCUT2D eigenvalue weighted by atomic mass is 10.1. The summed E-state index contributed by atoms with van der Waals surface area (Å²) in [5, 5.41) is 7.06. The van der Waals surface area contributed by atoms with Crippen molar-refractivity contribution in [2.24, 2.45) is 0 Å². The van der Waals surface area contributed by atoms with E-state index in [0.29, 0.717) is 30.8 Å². The molecule has 1 aromatic carbocycles. The maximum atomic E-state index is 13.3. The minimum absolute atomic E-state index is 0.106. The quantitative estimate of drug-likeness (QED) is 0.662. The maximum Gasteiger partial charge on any atom is 0.309 e. The Bertz CT molecular complexity index is 1010. The second-order valence-corrected chi connectivity index (χ2v) is 10.5. The average Bonchev–Trinajstić information content (AvgIpc) is 3.34. The Morgan fingerprint density at radius 3 is 2.43 bits per heavy atom. The standard InChI is InChI=1S/C21H27N3O4S2/c1-14-10-15(2)19(16(3)11-14)30(27,28)24-8-4-6-17(24)12-22-20(25)21(26)23-13-18-7-5-9-29-18/h5,7,9-11,17H,4,6,8,12-13H2,1-3H3,(H,22,25)(H,23,26)/t17-/m0/s1. The zero-order valence-corrected chi connectivity index (χ0v) is 19.0. The molecule has 2 amide bonds. The van der Waals surface area contributed by atoms with Crippen LogP contribution in [0.3, 0.4) is 0 Å². The minimum Gasteiger partial charge on any atom is -0.346 e. The summed E-state index contributed by atoms with van der Waals surface area (Å²) in [5.41, 5.74) is 2.45. The number of sulfonamides is 1. The molecule has 162 valence electrons. The predicted octanol–water partition coefficient (Wildman–Crippen LogP) is 2.26. The molecule has 1 aliphatic heterocycles. The van der Waals surface area contributed by atoms with Crippen LogP contribution in [0.15, 0.2) is 34.5 Å². The molecule has 1 aliphatic rings. The lowest BCUT2D eigenvalue weighted by Gasteiger charge is -2.26. The lowest BCUT2D eigenvalue weighted by molar-refractivity contribution is -0.139. The van der Waals surface area contributed by atoms with E-state index < -0.39 is 21.8 Å². The molecule has 9 heteroatoms. The number of aryl methyl sites for hydroxylation is 3. The third-order valence-corrected chi connectivity index (χ3v) is 8.34. The Labute approximate surface area is 181 Å². The number of benzene rings is 1. The van der Waals surface area contributed by atoms with Crippen molar-refractivity contribution < 1.29 is 18.0 Å². The molecule has 3 rings (SSSR count). The average molecular weight is 450 g/mol. The van der Waals surface area contributed by atoms with Gasteiger partial charge in [0.15, 0.2) is 0 Å². The monoisotopic (exact) mass is 449 g/mol. The van der Waals surface area contributed by atoms with Crippen LogP contribution in [0, 0.1) is 20.8 Å². The van der Waals surface area contributed by atoms with Crippen molar-refractivity contribution in [1.82, 2.24) is 14.9 Å². The fourth-order valence-corrected chi connectivity index (χ4v) is 6.72. The molecule has 0 radical (unpaired) electrons. The highest BCUT2D eigenvalue weighted by Gasteiger charge is 2.37. The third kappa shape index (κ3) is 4.91. The molecular formula is C21H27N3O4S2. The molecule has 2 heterocycles. The van der Waals surface area contributed by atoms with Crippen molar-refractivity contribution in [3.63, 3.8) is 0 Å². The number of hydrogen-bond donors (Lipinski definition) is 2. The van der Waals surface area contributed by atoms with Gasteiger partial charge in [0.25, 0.3) is 0 Å². The number of nitrogens with zero attached hydrogens (tertiary/aromatic N) is 1. The Morgan fingerprint density at radius 2 is 1.80 bits per heavy atom. The van der Waals surface area contributed by atoms with E-state index in [-0.39, 0.29) is 12.6 Å². The number of hydrogen-bond acceptors (Lipinski definition) is 5. The highest BCUT2D eigenvalue weighted by atomic mass is 32.2. The van der Waals surface area contributed by atoms with Gasteiger partial charge in [-0.15, -0.1) is 11.3 Å². The molecule has 1 atom stereocenters. The predicted molar refractivity (Wildman–Crippen MR) is 117 cm³/mol. The first-order valence-corrected chi connectivity index (χ1v) is 12.2. The molecular weight excluding hydrogens is 422 g/mol. The number of carbonyl (C=O) groups excluding carboxylic acids is 2. The van der Waals surface area contributed by atoms with Crippen LogP contribution in [-0.4, -0.2) is 43.7 Å². The topological polar surface area (TPSA) is 95.6 Å². The van der Waals surface area contributed by atoms with Gasteiger partial charge in [0.2, 0.25) is 10.0 Å². The van der Waals surface area contributed by atoms with Gasteiger partial charge in [-0.05, 0) is 56.2 Å². The fourth-order valence-electron chi connectivity index (χ4n) is 3.97. The minimum atomic E-state index is -3.69. The second kappa shape index (κ2) is 9.28. The van der Waals surface area contributed by atoms with Crippen molar-refractivity contribution in [1.29, 1.82) is 0 Å². The van der Waals surface area contributed by atoms with Gasteiger partial charge in [0.05, 0.1) is 11.4 Å². The number of nitrogens with one attached hydrogen (secondary N) is 2. The van der Waals surface area contributed by atoms with E-state index in [4.69, 9.17) is 0 Å². The third-order valence-electron chi connectivity index (χ3n) is 5.20. The first-order chi connectivity index (χ1) is 14.2. The van der Waals surface area contributed by atoms with Gasteiger partial charge in [-0.3, -0.25) is 9.59 Å². The number of amides is 2. The van der Waals surface area contributed by atoms with Gasteiger partial charge in [0, 0.05) is 24.0 Å². The van der Waals surface area contributed by atoms with Crippen molar-refractivity contribution in [2.75, 3.05) is 13.1 Å². The molecule has 0 saturated carbocycles. The van der Waals surface area contributed by atoms with Crippen molar-refractivity contribution in [3.8, 4) is 0 Å². The molecule has 0 aliphatic carbocycles. The van der Waals surface area contributed by atoms with Crippen LogP contribution in [0.25, 0.3) is 0 Å². The van der Waals surface area contributed by atoms with Gasteiger partial charge in [-0.25, -0.2) is 8.42 Å². The van der Waals surface area contributed by atoms with E-state index in [1.54, 1.807) is 13.8 Å². The Balaban J connectivity index is 1.64. The zero-order chi connectivity index (χ0) is 21.9. The van der Waals surface area contributed by atoms with E-state index in [1.807, 2.05) is 36.6 Å². The summed E-state index contributed by atoms with van der Waals surface area (Å²) >= 11 is 1.49. The van der Waals surface area contributed by atoms with E-state index in [2.05, 4.69) is 10.6 Å². The molecule has 0 spiro atoms. The molecule has 7 nitrogen and oxygen atoms in total. The second-order valence-electron chi connectivity index (χ2n) is 7.61. The lowest BCUT2D eigenvalue weighted by Crippen LogP contribution is -2.47. The summed E-state index contributed by atoms with van der Waals surface area (Å²) in [6, 6.07) is 7.11. The molecule has 1 saturated heterocycles. The summed E-state index contributed by atoms with van der Waals surface area (Å²) < 4.78 is 28.2. The first-order valence-electron chi connectivity index (χ1n) is 9.88. The molecule has 2 N–H and O–H groups in total. The largest absolute Gasteiger partial charge is 0.346 e. The van der Waals surface area contributed by atoms with E-state index >= 15 is 0 Å². The molecule has 30 heavy (non-hydrogen) atoms. The van der Waals surface area contributed by atoms with E-state index in [0.717, 1.165) is 21.6 Å². The van der Waals surface area contributed by atoms with Crippen molar-refractivity contribution in [3.05, 3.63) is 51.2 Å². The van der Waals surface area contributed by atoms with E-state index in [9.17, 15) is 18.0 Å². The normalized spacial score (nSPS) is 17.1. The van der Waals surface area contributed by atoms with Gasteiger partial charge in [-0.2, -0.15) is 4.31 Å². The number of rotatable bonds is 6. The Hall–Kier alpha value is -2.23. The summed E-state index contributed by atoms with van der Waals surface area (Å²) in [6.07, 6.45) is 1.36. The molecule has 0 unspecified atom stereocenters. The maximum absolute atomic E-state index is 13.3. The van der Waals surface area contributed by atoms with Crippen LogP contribution in [-0.2, 0) is 26.2 Å². The van der Waals surface area contributed by atoms with Crippen LogP contribution in [0.5, 0.6) is 0 Å². The molecule has 2 aromatic rings. The van der Waals surface area contributed by atoms with Crippen LogP contribution in [0.4, 0.5) is 0 Å². The smallest absolute Gasteiger partial charge is 0.309 e. The summed E-state index contributed by atoms with van der Waals surface area (Å²) in [6.45, 7) is 6.35. The van der Waals surface area contributed by atoms with Crippen molar-refractivity contribution >= 4 is 33.2 Å². The number of carbonyl (C=O) groups is 2. The van der Waals surface area contributed by atoms with Gasteiger partial charge in [-0.1, -0.05) is 23.8 Å². The highest BCUT2D eigenvalue weighted by Crippen LogP contribution is 2.30. The Morgan fingerprint density at radius 1 is 1.13 bits per heavy atom. The summed E-state index contributed by atoms with van der Waals surface area (Å²) in [5.74, 6) is -1.47. The molecule has 1 fully saturated rings. The van der Waals surface area contributed by atoms with Crippen molar-refractivity contribution in [2.45, 2.75) is 51.1 Å². The van der Waals surface area contributed by atoms with Crippen LogP contribution in [0.1, 0.15) is 34.4 Å². The van der Waals surface area contributed by atoms with E-state index in [1.165, 1.54) is 15.6 Å². The van der Waals surface area contributed by atoms with Gasteiger partial charge in [0.1, 0.15) is 0 Å². The molecule has 1 aromatic heterocycles. The zero-order valence-electron chi connectivity index (χ0n) is 17.4. The van der Waals surface area contributed by atoms with Crippen LogP contribution >= 0.6 is 11.3 Å². The highest BCUT2D eigenvalue weighted by molar-refractivity contribution is 7.89. The first kappa shape index (κ1) is 22.5. The number of thiophene rings is 1. The van der Waals surface area contributed by atoms with Crippen LogP contribution in [0.2, 0.25) is 0 Å². The summed E-state index contributed by atoms with van der Waals surface area (Å²) in [7, 11) is -3.69. The fraction of sp³-hybridized carbons (Fsp3) is 0.429. The van der Waals surface area contributed by atoms with Gasteiger partial charge < -0.3 is 10.6 Å². The Kier molecular flexibility index (Phi) is 6.95. The summed E-state index contributed by atoms with van der Waals surface area (Å²) in [4.78, 5) is 25.4. The SMILES string of the molecule is Cc1cc(C)c(S(=O)(=O)N2CCC[C@H]2CNC(=O)C(=O)NCc2cccs2)c(C)c1. The molecule has 0 bridgehead atoms.